The molecule has 4 unspecified atom stereocenters. The van der Waals surface area contributed by atoms with Crippen molar-refractivity contribution in [2.45, 2.75) is 88.6 Å². The fourth-order valence-electron chi connectivity index (χ4n) is 3.57. The molecule has 26 heavy (non-hydrogen) atoms. The van der Waals surface area contributed by atoms with E-state index in [0.29, 0.717) is 38.9 Å². The smallest absolute Gasteiger partial charge is 0.431 e. The fraction of sp³-hybridized carbons (Fsp3) is 0.947. The number of carbonyl (C=O) groups excluding carboxylic acids is 1. The van der Waals surface area contributed by atoms with Gasteiger partial charge in [0.1, 0.15) is 12.2 Å². The number of hydrogen-bond acceptors (Lipinski definition) is 7. The summed E-state index contributed by atoms with van der Waals surface area (Å²) in [5.74, 6) is 0. The molecule has 0 aromatic heterocycles. The lowest BCUT2D eigenvalue weighted by molar-refractivity contribution is -0.0925. The van der Waals surface area contributed by atoms with Gasteiger partial charge in [-0.05, 0) is 38.5 Å². The van der Waals surface area contributed by atoms with E-state index in [1.54, 1.807) is 0 Å². The Morgan fingerprint density at radius 2 is 1.27 bits per heavy atom. The second-order valence-corrected chi connectivity index (χ2v) is 7.20. The van der Waals surface area contributed by atoms with Crippen LogP contribution in [0.3, 0.4) is 0 Å². The Hall–Kier alpha value is -0.890. The average Bonchev–Trinajstić information content (AvgIpc) is 2.63. The van der Waals surface area contributed by atoms with Gasteiger partial charge in [0.2, 0.25) is 0 Å². The molecule has 2 fully saturated rings. The van der Waals surface area contributed by atoms with Crippen molar-refractivity contribution in [2.24, 2.45) is 0 Å². The number of ether oxygens (including phenoxy) is 4. The highest BCUT2D eigenvalue weighted by Gasteiger charge is 2.29. The van der Waals surface area contributed by atoms with E-state index in [1.165, 1.54) is 0 Å². The van der Waals surface area contributed by atoms with Gasteiger partial charge in [-0.15, -0.1) is 0 Å². The van der Waals surface area contributed by atoms with Gasteiger partial charge >= 0.3 is 6.16 Å². The Morgan fingerprint density at radius 1 is 0.808 bits per heavy atom. The van der Waals surface area contributed by atoms with Crippen LogP contribution >= 0.6 is 0 Å². The monoisotopic (exact) mass is 374 g/mol. The van der Waals surface area contributed by atoms with Crippen LogP contribution in [0.1, 0.15) is 64.2 Å². The SMILES string of the molecule is O=C(OC1CCOC(CCCCO)C1)OC1CCOC(CCCCO)C1. The summed E-state index contributed by atoms with van der Waals surface area (Å²) in [6.45, 7) is 1.58. The van der Waals surface area contributed by atoms with E-state index in [1.807, 2.05) is 0 Å². The molecule has 0 spiro atoms. The lowest BCUT2D eigenvalue weighted by Crippen LogP contribution is -2.36. The molecule has 0 amide bonds. The molecule has 7 heteroatoms. The predicted octanol–water partition coefficient (Wildman–Crippen LogP) is 2.56. The number of carbonyl (C=O) groups is 1. The maximum Gasteiger partial charge on any atom is 0.508 e. The van der Waals surface area contributed by atoms with E-state index in [2.05, 4.69) is 0 Å². The first-order chi connectivity index (χ1) is 12.7. The van der Waals surface area contributed by atoms with Crippen molar-refractivity contribution in [2.75, 3.05) is 26.4 Å². The Bertz CT molecular complexity index is 356. The minimum absolute atomic E-state index is 0.0899. The molecule has 7 nitrogen and oxygen atoms in total. The fourth-order valence-corrected chi connectivity index (χ4v) is 3.57. The molecule has 0 aromatic rings. The normalized spacial score (nSPS) is 29.3. The molecule has 0 saturated carbocycles. The molecule has 0 aromatic carbocycles. The lowest BCUT2D eigenvalue weighted by atomic mass is 10.0. The van der Waals surface area contributed by atoms with Crippen molar-refractivity contribution in [1.29, 1.82) is 0 Å². The van der Waals surface area contributed by atoms with E-state index in [-0.39, 0.29) is 37.6 Å². The van der Waals surface area contributed by atoms with Crippen LogP contribution in [-0.2, 0) is 18.9 Å². The van der Waals surface area contributed by atoms with Crippen LogP contribution in [0.5, 0.6) is 0 Å². The largest absolute Gasteiger partial charge is 0.508 e. The van der Waals surface area contributed by atoms with Gasteiger partial charge < -0.3 is 29.2 Å². The number of rotatable bonds is 10. The first kappa shape index (κ1) is 21.4. The molecule has 0 bridgehead atoms. The molecule has 0 radical (unpaired) electrons. The Labute approximate surface area is 156 Å². The van der Waals surface area contributed by atoms with Crippen LogP contribution < -0.4 is 0 Å². The van der Waals surface area contributed by atoms with Crippen LogP contribution in [0, 0.1) is 0 Å². The second-order valence-electron chi connectivity index (χ2n) is 7.20. The highest BCUT2D eigenvalue weighted by molar-refractivity contribution is 5.60. The highest BCUT2D eigenvalue weighted by Crippen LogP contribution is 2.24. The number of unbranched alkanes of at least 4 members (excludes halogenated alkanes) is 2. The first-order valence-electron chi connectivity index (χ1n) is 10.0. The van der Waals surface area contributed by atoms with Gasteiger partial charge in [-0.1, -0.05) is 0 Å². The third kappa shape index (κ3) is 8.20. The van der Waals surface area contributed by atoms with Crippen molar-refractivity contribution >= 4 is 6.16 Å². The van der Waals surface area contributed by atoms with Crippen LogP contribution in [0.25, 0.3) is 0 Å². The predicted molar refractivity (Wildman–Crippen MR) is 95.0 cm³/mol. The molecular formula is C19H34O7. The summed E-state index contributed by atoms with van der Waals surface area (Å²) in [7, 11) is 0. The van der Waals surface area contributed by atoms with Crippen molar-refractivity contribution in [1.82, 2.24) is 0 Å². The van der Waals surface area contributed by atoms with Crippen LogP contribution in [0.2, 0.25) is 0 Å². The first-order valence-corrected chi connectivity index (χ1v) is 10.0. The standard InChI is InChI=1S/C19H34O7/c20-9-3-1-5-15-13-17(7-11-23-15)25-19(22)26-18-8-12-24-16(14-18)6-2-4-10-21/h15-18,20-21H,1-14H2. The van der Waals surface area contributed by atoms with Gasteiger partial charge in [0.15, 0.2) is 0 Å². The minimum Gasteiger partial charge on any atom is -0.431 e. The topological polar surface area (TPSA) is 94.5 Å². The van der Waals surface area contributed by atoms with E-state index in [9.17, 15) is 4.79 Å². The summed E-state index contributed by atoms with van der Waals surface area (Å²) in [4.78, 5) is 12.1. The van der Waals surface area contributed by atoms with Crippen LogP contribution in [0.15, 0.2) is 0 Å². The van der Waals surface area contributed by atoms with Crippen LogP contribution in [0.4, 0.5) is 4.79 Å². The zero-order valence-electron chi connectivity index (χ0n) is 15.6. The van der Waals surface area contributed by atoms with Gasteiger partial charge in [-0.3, -0.25) is 0 Å². The molecule has 2 rings (SSSR count). The van der Waals surface area contributed by atoms with Crippen molar-refractivity contribution < 1.29 is 34.0 Å². The van der Waals surface area contributed by atoms with Gasteiger partial charge in [-0.25, -0.2) is 4.79 Å². The number of aliphatic hydroxyl groups excluding tert-OH is 2. The lowest BCUT2D eigenvalue weighted by Gasteiger charge is -2.31. The zero-order chi connectivity index (χ0) is 18.6. The second kappa shape index (κ2) is 12.5. The van der Waals surface area contributed by atoms with Gasteiger partial charge in [0.25, 0.3) is 0 Å². The number of aliphatic hydroxyl groups is 2. The van der Waals surface area contributed by atoms with E-state index in [0.717, 1.165) is 38.5 Å². The molecule has 2 saturated heterocycles. The summed E-state index contributed by atoms with van der Waals surface area (Å²) in [6.07, 6.45) is 7.19. The molecular weight excluding hydrogens is 340 g/mol. The molecule has 0 aliphatic carbocycles. The zero-order valence-corrected chi connectivity index (χ0v) is 15.6. The minimum atomic E-state index is -0.591. The molecule has 2 aliphatic rings. The summed E-state index contributed by atoms with van der Waals surface area (Å²) in [5, 5.41) is 17.7. The summed E-state index contributed by atoms with van der Waals surface area (Å²) in [5.41, 5.74) is 0. The van der Waals surface area contributed by atoms with Gasteiger partial charge in [-0.2, -0.15) is 0 Å². The van der Waals surface area contributed by atoms with Crippen molar-refractivity contribution in [3.05, 3.63) is 0 Å². The third-order valence-corrected chi connectivity index (χ3v) is 5.03. The Balaban J connectivity index is 1.65. The van der Waals surface area contributed by atoms with E-state index >= 15 is 0 Å². The van der Waals surface area contributed by atoms with E-state index in [4.69, 9.17) is 29.2 Å². The quantitative estimate of drug-likeness (QED) is 0.448. The van der Waals surface area contributed by atoms with Gasteiger partial charge in [0, 0.05) is 38.9 Å². The molecule has 2 N–H and O–H groups in total. The average molecular weight is 374 g/mol. The summed E-state index contributed by atoms with van der Waals surface area (Å²) in [6, 6.07) is 0. The molecule has 2 aliphatic heterocycles. The summed E-state index contributed by atoms with van der Waals surface area (Å²) < 4.78 is 22.4. The maximum atomic E-state index is 12.1. The maximum absolute atomic E-state index is 12.1. The summed E-state index contributed by atoms with van der Waals surface area (Å²) >= 11 is 0. The van der Waals surface area contributed by atoms with Crippen molar-refractivity contribution in [3.8, 4) is 0 Å². The third-order valence-electron chi connectivity index (χ3n) is 5.03. The number of hydrogen-bond donors (Lipinski definition) is 2. The Morgan fingerprint density at radius 3 is 1.69 bits per heavy atom. The highest BCUT2D eigenvalue weighted by atomic mass is 16.7. The molecule has 152 valence electrons. The molecule has 2 heterocycles. The molecule has 4 atom stereocenters. The van der Waals surface area contributed by atoms with Crippen LogP contribution in [-0.4, -0.2) is 67.2 Å². The van der Waals surface area contributed by atoms with Gasteiger partial charge in [0.05, 0.1) is 25.4 Å². The van der Waals surface area contributed by atoms with E-state index < -0.39 is 6.16 Å². The Kier molecular flexibility index (Phi) is 10.3. The van der Waals surface area contributed by atoms with Crippen molar-refractivity contribution in [3.63, 3.8) is 0 Å².